The van der Waals surface area contributed by atoms with Gasteiger partial charge in [0.05, 0.1) is 28.7 Å². The van der Waals surface area contributed by atoms with Crippen LogP contribution in [0.5, 0.6) is 0 Å². The Bertz CT molecular complexity index is 1790. The molecule has 3 N–H and O–H groups in total. The van der Waals surface area contributed by atoms with Crippen molar-refractivity contribution in [3.8, 4) is 21.9 Å². The molecule has 9 nitrogen and oxygen atoms in total. The zero-order chi connectivity index (χ0) is 25.7. The van der Waals surface area contributed by atoms with Gasteiger partial charge in [-0.15, -0.1) is 22.7 Å². The number of fused-ring (bicyclic) bond motifs is 2. The van der Waals surface area contributed by atoms with Crippen LogP contribution < -0.4 is 11.1 Å². The summed E-state index contributed by atoms with van der Waals surface area (Å²) in [6.45, 7) is 0. The fourth-order valence-corrected chi connectivity index (χ4v) is 5.74. The Kier molecular flexibility index (Phi) is 5.50. The van der Waals surface area contributed by atoms with Crippen LogP contribution in [0.4, 0.5) is 14.5 Å². The van der Waals surface area contributed by atoms with Crippen LogP contribution in [0.15, 0.2) is 64.9 Å². The normalized spacial score (nSPS) is 11.5. The summed E-state index contributed by atoms with van der Waals surface area (Å²) in [6.07, 6.45) is 1.47. The number of nitrogens with zero attached hydrogens (tertiary/aromatic N) is 4. The van der Waals surface area contributed by atoms with Gasteiger partial charge < -0.3 is 15.5 Å². The molecule has 0 saturated carbocycles. The largest absolute Gasteiger partial charge is 0.464 e. The molecule has 0 aromatic carbocycles. The Morgan fingerprint density at radius 3 is 2.76 bits per heavy atom. The third kappa shape index (κ3) is 3.84. The number of furan rings is 1. The number of pyridine rings is 1. The molecule has 6 heterocycles. The van der Waals surface area contributed by atoms with Crippen LogP contribution in [-0.2, 0) is 0 Å². The predicted molar refractivity (Wildman–Crippen MR) is 135 cm³/mol. The lowest BCUT2D eigenvalue weighted by Crippen LogP contribution is -2.17. The number of rotatable bonds is 6. The second kappa shape index (κ2) is 8.87. The minimum atomic E-state index is -2.86. The van der Waals surface area contributed by atoms with Gasteiger partial charge in [0.1, 0.15) is 26.7 Å². The van der Waals surface area contributed by atoms with E-state index < -0.39 is 23.9 Å². The quantitative estimate of drug-likeness (QED) is 0.284. The van der Waals surface area contributed by atoms with E-state index in [9.17, 15) is 18.4 Å². The minimum Gasteiger partial charge on any atom is -0.464 e. The van der Waals surface area contributed by atoms with E-state index >= 15 is 0 Å². The van der Waals surface area contributed by atoms with Crippen LogP contribution in [0.25, 0.3) is 37.8 Å². The van der Waals surface area contributed by atoms with Gasteiger partial charge in [-0.3, -0.25) is 9.59 Å². The van der Waals surface area contributed by atoms with E-state index in [1.165, 1.54) is 29.9 Å². The number of primary amides is 1. The fraction of sp³-hybridized carbons (Fsp3) is 0.0417. The lowest BCUT2D eigenvalue weighted by molar-refractivity contribution is 0.100. The number of thiophene rings is 2. The summed E-state index contributed by atoms with van der Waals surface area (Å²) in [6, 6.07) is 9.96. The van der Waals surface area contributed by atoms with Crippen molar-refractivity contribution >= 4 is 56.0 Å². The number of carbonyl (C=O) groups is 2. The Morgan fingerprint density at radius 1 is 1.19 bits per heavy atom. The van der Waals surface area contributed by atoms with Crippen LogP contribution in [0.2, 0.25) is 0 Å². The molecule has 37 heavy (non-hydrogen) atoms. The van der Waals surface area contributed by atoms with Crippen molar-refractivity contribution in [3.63, 3.8) is 0 Å². The van der Waals surface area contributed by atoms with Gasteiger partial charge in [0, 0.05) is 17.1 Å². The number of alkyl halides is 2. The Hall–Kier alpha value is -4.49. The first-order chi connectivity index (χ1) is 17.9. The highest BCUT2D eigenvalue weighted by molar-refractivity contribution is 7.21. The van der Waals surface area contributed by atoms with E-state index in [4.69, 9.17) is 10.2 Å². The third-order valence-electron chi connectivity index (χ3n) is 5.57. The van der Waals surface area contributed by atoms with Gasteiger partial charge in [-0.2, -0.15) is 5.10 Å². The highest BCUT2D eigenvalue weighted by Crippen LogP contribution is 2.42. The van der Waals surface area contributed by atoms with E-state index in [2.05, 4.69) is 20.4 Å². The Labute approximate surface area is 214 Å². The van der Waals surface area contributed by atoms with Crippen LogP contribution in [-0.4, -0.2) is 31.4 Å². The summed E-state index contributed by atoms with van der Waals surface area (Å²) >= 11 is 2.32. The van der Waals surface area contributed by atoms with Gasteiger partial charge in [0.2, 0.25) is 0 Å². The SMILES string of the molecule is NC(=O)c1sc2nc(C(F)F)cc(-c3ccco3)c2c1NC(=O)c1cnn2c(-c3cccs3)ccnc12. The molecule has 0 aliphatic heterocycles. The second-order valence-electron chi connectivity index (χ2n) is 7.78. The molecule has 0 aliphatic carbocycles. The van der Waals surface area contributed by atoms with Gasteiger partial charge >= 0.3 is 0 Å². The summed E-state index contributed by atoms with van der Waals surface area (Å²) in [5.74, 6) is -1.20. The van der Waals surface area contributed by atoms with Crippen LogP contribution >= 0.6 is 22.7 Å². The first-order valence-electron chi connectivity index (χ1n) is 10.7. The molecule has 6 aromatic rings. The molecule has 6 aromatic heterocycles. The van der Waals surface area contributed by atoms with Crippen LogP contribution in [0.1, 0.15) is 32.1 Å². The van der Waals surface area contributed by atoms with Crippen molar-refractivity contribution in [1.82, 2.24) is 19.6 Å². The molecular weight excluding hydrogens is 522 g/mol. The van der Waals surface area contributed by atoms with E-state index in [1.807, 2.05) is 17.5 Å². The van der Waals surface area contributed by atoms with Crippen molar-refractivity contribution < 1.29 is 22.8 Å². The molecule has 0 aliphatic rings. The first kappa shape index (κ1) is 22.9. The third-order valence-corrected chi connectivity index (χ3v) is 7.56. The molecule has 0 saturated heterocycles. The number of hydrogen-bond donors (Lipinski definition) is 2. The van der Waals surface area contributed by atoms with Crippen molar-refractivity contribution in [3.05, 3.63) is 76.6 Å². The minimum absolute atomic E-state index is 0.0428. The number of nitrogens with one attached hydrogen (secondary N) is 1. The van der Waals surface area contributed by atoms with E-state index in [0.717, 1.165) is 21.9 Å². The number of aromatic nitrogens is 4. The molecular formula is C24H14F2N6O3S2. The maximum absolute atomic E-state index is 13.6. The molecule has 0 atom stereocenters. The standard InChI is InChI=1S/C24H14F2N6O3S2/c25-20(26)13-9-11(15-3-1-7-35-15)17-18(19(21(27)33)37-24(17)30-13)31-23(34)12-10-29-32-14(5-6-28-22(12)32)16-4-2-8-36-16/h1-10,20H,(H2,27,33)(H,31,34). The van der Waals surface area contributed by atoms with Crippen molar-refractivity contribution in [1.29, 1.82) is 0 Å². The second-order valence-corrected chi connectivity index (χ2v) is 9.73. The van der Waals surface area contributed by atoms with Gasteiger partial charge in [0.25, 0.3) is 18.2 Å². The highest BCUT2D eigenvalue weighted by atomic mass is 32.1. The average Bonchev–Trinajstić information content (AvgIpc) is 3.69. The number of amides is 2. The highest BCUT2D eigenvalue weighted by Gasteiger charge is 2.27. The van der Waals surface area contributed by atoms with Crippen molar-refractivity contribution in [2.24, 2.45) is 5.73 Å². The molecule has 6 rings (SSSR count). The van der Waals surface area contributed by atoms with E-state index in [-0.39, 0.29) is 37.7 Å². The molecule has 0 radical (unpaired) electrons. The van der Waals surface area contributed by atoms with E-state index in [1.54, 1.807) is 28.9 Å². The summed E-state index contributed by atoms with van der Waals surface area (Å²) in [5.41, 5.74) is 6.58. The number of nitrogens with two attached hydrogens (primary N) is 1. The average molecular weight is 537 g/mol. The summed E-state index contributed by atoms with van der Waals surface area (Å²) in [5, 5.41) is 9.25. The predicted octanol–water partition coefficient (Wildman–Crippen LogP) is 5.62. The van der Waals surface area contributed by atoms with Crippen LogP contribution in [0.3, 0.4) is 0 Å². The summed E-state index contributed by atoms with van der Waals surface area (Å²) in [7, 11) is 0. The van der Waals surface area contributed by atoms with Gasteiger partial charge in [0.15, 0.2) is 5.65 Å². The monoisotopic (exact) mass is 536 g/mol. The number of halogens is 2. The van der Waals surface area contributed by atoms with Crippen molar-refractivity contribution in [2.45, 2.75) is 6.43 Å². The first-order valence-corrected chi connectivity index (χ1v) is 12.4. The summed E-state index contributed by atoms with van der Waals surface area (Å²) in [4.78, 5) is 35.1. The van der Waals surface area contributed by atoms with Gasteiger partial charge in [-0.25, -0.2) is 23.3 Å². The van der Waals surface area contributed by atoms with E-state index in [0.29, 0.717) is 5.65 Å². The molecule has 13 heteroatoms. The zero-order valence-corrected chi connectivity index (χ0v) is 20.1. The fourth-order valence-electron chi connectivity index (χ4n) is 3.99. The van der Waals surface area contributed by atoms with Gasteiger partial charge in [-0.05, 0) is 35.7 Å². The number of anilines is 1. The zero-order valence-electron chi connectivity index (χ0n) is 18.5. The lowest BCUT2D eigenvalue weighted by atomic mass is 10.1. The summed E-state index contributed by atoms with van der Waals surface area (Å²) < 4.78 is 34.2. The molecule has 0 bridgehead atoms. The molecule has 0 fully saturated rings. The molecule has 184 valence electrons. The maximum atomic E-state index is 13.6. The molecule has 0 spiro atoms. The number of carbonyl (C=O) groups excluding carboxylic acids is 2. The van der Waals surface area contributed by atoms with Crippen molar-refractivity contribution in [2.75, 3.05) is 5.32 Å². The maximum Gasteiger partial charge on any atom is 0.280 e. The van der Waals surface area contributed by atoms with Crippen LogP contribution in [0, 0.1) is 0 Å². The molecule has 0 unspecified atom stereocenters. The van der Waals surface area contributed by atoms with Gasteiger partial charge in [-0.1, -0.05) is 6.07 Å². The lowest BCUT2D eigenvalue weighted by Gasteiger charge is -2.09. The Morgan fingerprint density at radius 2 is 2.05 bits per heavy atom. The molecule has 2 amide bonds. The number of hydrogen-bond acceptors (Lipinski definition) is 8. The topological polar surface area (TPSA) is 128 Å². The smallest absolute Gasteiger partial charge is 0.280 e. The Balaban J connectivity index is 1.50.